The Morgan fingerprint density at radius 1 is 1.12 bits per heavy atom. The van der Waals surface area contributed by atoms with Crippen LogP contribution >= 0.6 is 0 Å². The van der Waals surface area contributed by atoms with Crippen LogP contribution in [0.1, 0.15) is 64.7 Å². The molecule has 0 amide bonds. The molecule has 2 heteroatoms. The van der Waals surface area contributed by atoms with Gasteiger partial charge in [-0.2, -0.15) is 0 Å². The topological polar surface area (TPSA) is 32.3 Å². The summed E-state index contributed by atoms with van der Waals surface area (Å²) in [5.41, 5.74) is 0.0552. The van der Waals surface area contributed by atoms with E-state index in [0.717, 1.165) is 5.92 Å². The van der Waals surface area contributed by atoms with Crippen molar-refractivity contribution in [2.75, 3.05) is 6.61 Å². The number of rotatable bonds is 3. The molecular weight excluding hydrogens is 198 g/mol. The Kier molecular flexibility index (Phi) is 4.26. The smallest absolute Gasteiger partial charge is 0.0613 e. The molecule has 2 unspecified atom stereocenters. The minimum atomic E-state index is 0.0552. The van der Waals surface area contributed by atoms with Gasteiger partial charge in [-0.05, 0) is 31.6 Å². The van der Waals surface area contributed by atoms with Crippen molar-refractivity contribution < 1.29 is 5.11 Å². The molecular formula is C14H27NO. The lowest BCUT2D eigenvalue weighted by atomic mass is 9.76. The molecule has 0 aromatic carbocycles. The fourth-order valence-electron chi connectivity index (χ4n) is 3.66. The second kappa shape index (κ2) is 5.50. The normalized spacial score (nSPS) is 37.5. The highest BCUT2D eigenvalue weighted by Crippen LogP contribution is 2.33. The molecule has 0 aromatic heterocycles. The standard InChI is InChI=1S/C14H27NO/c1-12-6-5-9-14(10-12,11-16)15-13-7-3-2-4-8-13/h12-13,15-16H,2-11H2,1H3. The van der Waals surface area contributed by atoms with Crippen LogP contribution in [0.15, 0.2) is 0 Å². The van der Waals surface area contributed by atoms with Gasteiger partial charge in [-0.15, -0.1) is 0 Å². The molecule has 2 aliphatic rings. The van der Waals surface area contributed by atoms with Crippen molar-refractivity contribution in [2.45, 2.75) is 76.3 Å². The Balaban J connectivity index is 1.91. The van der Waals surface area contributed by atoms with E-state index in [-0.39, 0.29) is 5.54 Å². The highest BCUT2D eigenvalue weighted by atomic mass is 16.3. The lowest BCUT2D eigenvalue weighted by Gasteiger charge is -2.43. The first-order valence-electron chi connectivity index (χ1n) is 7.13. The average Bonchev–Trinajstić information content (AvgIpc) is 2.30. The summed E-state index contributed by atoms with van der Waals surface area (Å²) in [6, 6.07) is 0.672. The fourth-order valence-corrected chi connectivity index (χ4v) is 3.66. The molecule has 2 fully saturated rings. The lowest BCUT2D eigenvalue weighted by Crippen LogP contribution is -2.55. The van der Waals surface area contributed by atoms with Crippen molar-refractivity contribution >= 4 is 0 Å². The summed E-state index contributed by atoms with van der Waals surface area (Å²) in [7, 11) is 0. The van der Waals surface area contributed by atoms with Gasteiger partial charge in [0.25, 0.3) is 0 Å². The fraction of sp³-hybridized carbons (Fsp3) is 1.00. The molecule has 0 aliphatic heterocycles. The zero-order valence-electron chi connectivity index (χ0n) is 10.7. The molecule has 2 aliphatic carbocycles. The first-order chi connectivity index (χ1) is 7.74. The maximum absolute atomic E-state index is 9.73. The Morgan fingerprint density at radius 3 is 2.50 bits per heavy atom. The number of aliphatic hydroxyl groups is 1. The second-order valence-corrected chi connectivity index (χ2v) is 6.12. The van der Waals surface area contributed by atoms with Gasteiger partial charge in [0.05, 0.1) is 6.61 Å². The molecule has 2 atom stereocenters. The van der Waals surface area contributed by atoms with Gasteiger partial charge in [0.2, 0.25) is 0 Å². The maximum Gasteiger partial charge on any atom is 0.0613 e. The minimum Gasteiger partial charge on any atom is -0.394 e. The zero-order valence-corrected chi connectivity index (χ0v) is 10.7. The maximum atomic E-state index is 9.73. The molecule has 16 heavy (non-hydrogen) atoms. The Labute approximate surface area is 99.8 Å². The largest absolute Gasteiger partial charge is 0.394 e. The molecule has 2 N–H and O–H groups in total. The predicted molar refractivity (Wildman–Crippen MR) is 67.5 cm³/mol. The number of nitrogens with one attached hydrogen (secondary N) is 1. The second-order valence-electron chi connectivity index (χ2n) is 6.12. The van der Waals surface area contributed by atoms with Gasteiger partial charge >= 0.3 is 0 Å². The van der Waals surface area contributed by atoms with Crippen LogP contribution in [-0.2, 0) is 0 Å². The van der Waals surface area contributed by atoms with Gasteiger partial charge in [0, 0.05) is 11.6 Å². The SMILES string of the molecule is CC1CCCC(CO)(NC2CCCCC2)C1. The van der Waals surface area contributed by atoms with E-state index in [4.69, 9.17) is 0 Å². The Morgan fingerprint density at radius 2 is 1.88 bits per heavy atom. The van der Waals surface area contributed by atoms with Crippen LogP contribution in [0.25, 0.3) is 0 Å². The summed E-state index contributed by atoms with van der Waals surface area (Å²) in [6.45, 7) is 2.65. The molecule has 2 rings (SSSR count). The van der Waals surface area contributed by atoms with E-state index in [1.54, 1.807) is 0 Å². The first-order valence-corrected chi connectivity index (χ1v) is 7.13. The Hall–Kier alpha value is -0.0800. The highest BCUT2D eigenvalue weighted by Gasteiger charge is 2.36. The van der Waals surface area contributed by atoms with Crippen LogP contribution in [0.2, 0.25) is 0 Å². The summed E-state index contributed by atoms with van der Waals surface area (Å²) in [4.78, 5) is 0. The number of hydrogen-bond acceptors (Lipinski definition) is 2. The van der Waals surface area contributed by atoms with Crippen molar-refractivity contribution in [3.8, 4) is 0 Å². The van der Waals surface area contributed by atoms with E-state index in [1.807, 2.05) is 0 Å². The van der Waals surface area contributed by atoms with E-state index in [2.05, 4.69) is 12.2 Å². The summed E-state index contributed by atoms with van der Waals surface area (Å²) in [5.74, 6) is 0.775. The number of aliphatic hydroxyl groups excluding tert-OH is 1. The molecule has 0 bridgehead atoms. The third kappa shape index (κ3) is 2.98. The molecule has 0 aromatic rings. The first kappa shape index (κ1) is 12.4. The van der Waals surface area contributed by atoms with Crippen LogP contribution in [0.4, 0.5) is 0 Å². The van der Waals surface area contributed by atoms with E-state index in [1.165, 1.54) is 57.8 Å². The zero-order chi connectivity index (χ0) is 11.4. The van der Waals surface area contributed by atoms with Crippen LogP contribution in [0, 0.1) is 5.92 Å². The third-order valence-corrected chi connectivity index (χ3v) is 4.51. The van der Waals surface area contributed by atoms with E-state index >= 15 is 0 Å². The van der Waals surface area contributed by atoms with E-state index < -0.39 is 0 Å². The van der Waals surface area contributed by atoms with Gasteiger partial charge in [-0.1, -0.05) is 39.0 Å². The molecule has 0 radical (unpaired) electrons. The van der Waals surface area contributed by atoms with Crippen LogP contribution < -0.4 is 5.32 Å². The number of hydrogen-bond donors (Lipinski definition) is 2. The van der Waals surface area contributed by atoms with E-state index in [9.17, 15) is 5.11 Å². The van der Waals surface area contributed by atoms with Gasteiger partial charge < -0.3 is 10.4 Å². The third-order valence-electron chi connectivity index (χ3n) is 4.51. The highest BCUT2D eigenvalue weighted by molar-refractivity contribution is 4.95. The lowest BCUT2D eigenvalue weighted by molar-refractivity contribution is 0.0823. The van der Waals surface area contributed by atoms with Gasteiger partial charge in [0.15, 0.2) is 0 Å². The predicted octanol–water partition coefficient (Wildman–Crippen LogP) is 2.85. The molecule has 2 saturated carbocycles. The van der Waals surface area contributed by atoms with E-state index in [0.29, 0.717) is 12.6 Å². The summed E-state index contributed by atoms with van der Waals surface area (Å²) in [5, 5.41) is 13.5. The average molecular weight is 225 g/mol. The van der Waals surface area contributed by atoms with Gasteiger partial charge in [0.1, 0.15) is 0 Å². The van der Waals surface area contributed by atoms with Crippen molar-refractivity contribution in [3.63, 3.8) is 0 Å². The van der Waals surface area contributed by atoms with Crippen LogP contribution in [-0.4, -0.2) is 23.3 Å². The quantitative estimate of drug-likeness (QED) is 0.774. The molecule has 0 heterocycles. The van der Waals surface area contributed by atoms with Crippen molar-refractivity contribution in [1.82, 2.24) is 5.32 Å². The molecule has 0 saturated heterocycles. The van der Waals surface area contributed by atoms with Gasteiger partial charge in [-0.25, -0.2) is 0 Å². The van der Waals surface area contributed by atoms with Gasteiger partial charge in [-0.3, -0.25) is 0 Å². The monoisotopic (exact) mass is 225 g/mol. The summed E-state index contributed by atoms with van der Waals surface area (Å²) >= 11 is 0. The molecule has 94 valence electrons. The molecule has 2 nitrogen and oxygen atoms in total. The molecule has 0 spiro atoms. The van der Waals surface area contributed by atoms with Crippen molar-refractivity contribution in [2.24, 2.45) is 5.92 Å². The van der Waals surface area contributed by atoms with Crippen LogP contribution in [0.5, 0.6) is 0 Å². The summed E-state index contributed by atoms with van der Waals surface area (Å²) in [6.07, 6.45) is 11.7. The summed E-state index contributed by atoms with van der Waals surface area (Å²) < 4.78 is 0. The van der Waals surface area contributed by atoms with Crippen molar-refractivity contribution in [1.29, 1.82) is 0 Å². The minimum absolute atomic E-state index is 0.0552. The van der Waals surface area contributed by atoms with Crippen LogP contribution in [0.3, 0.4) is 0 Å². The van der Waals surface area contributed by atoms with Crippen molar-refractivity contribution in [3.05, 3.63) is 0 Å². The Bertz CT molecular complexity index is 213.